The van der Waals surface area contributed by atoms with Crippen LogP contribution in [-0.4, -0.2) is 41.0 Å². The van der Waals surface area contributed by atoms with E-state index in [0.717, 1.165) is 25.9 Å². The van der Waals surface area contributed by atoms with E-state index in [4.69, 9.17) is 0 Å². The van der Waals surface area contributed by atoms with E-state index < -0.39 is 0 Å². The van der Waals surface area contributed by atoms with Crippen molar-refractivity contribution >= 4 is 11.6 Å². The second-order valence-electron chi connectivity index (χ2n) is 7.11. The Hall–Kier alpha value is -1.58. The molecule has 120 valence electrons. The zero-order valence-electron chi connectivity index (χ0n) is 14.1. The normalized spacial score (nSPS) is 25.7. The Kier molecular flexibility index (Phi) is 4.11. The Morgan fingerprint density at radius 1 is 1.18 bits per heavy atom. The Morgan fingerprint density at radius 3 is 2.55 bits per heavy atom. The first-order valence-electron chi connectivity index (χ1n) is 8.51. The molecule has 1 aliphatic carbocycles. The summed E-state index contributed by atoms with van der Waals surface area (Å²) in [4.78, 5) is 21.3. The first-order chi connectivity index (χ1) is 10.5. The molecule has 1 aliphatic heterocycles. The summed E-state index contributed by atoms with van der Waals surface area (Å²) in [5, 5.41) is 0. The van der Waals surface area contributed by atoms with Crippen molar-refractivity contribution in [3.05, 3.63) is 24.0 Å². The van der Waals surface area contributed by atoms with E-state index in [-0.39, 0.29) is 6.04 Å². The molecule has 4 heteroatoms. The lowest BCUT2D eigenvalue weighted by Gasteiger charge is -2.46. The monoisotopic (exact) mass is 301 g/mol. The summed E-state index contributed by atoms with van der Waals surface area (Å²) in [5.74, 6) is 1.16. The summed E-state index contributed by atoms with van der Waals surface area (Å²) in [6.45, 7) is 10.5. The fourth-order valence-electron chi connectivity index (χ4n) is 3.30. The van der Waals surface area contributed by atoms with E-state index in [2.05, 4.69) is 48.5 Å². The molecule has 1 saturated carbocycles. The van der Waals surface area contributed by atoms with Crippen LogP contribution in [0.3, 0.4) is 0 Å². The van der Waals surface area contributed by atoms with Crippen molar-refractivity contribution in [3.63, 3.8) is 0 Å². The van der Waals surface area contributed by atoms with E-state index in [1.165, 1.54) is 11.3 Å². The van der Waals surface area contributed by atoms with Gasteiger partial charge >= 0.3 is 0 Å². The van der Waals surface area contributed by atoms with Crippen LogP contribution in [0.5, 0.6) is 0 Å². The van der Waals surface area contributed by atoms with Gasteiger partial charge in [0.25, 0.3) is 0 Å². The second kappa shape index (κ2) is 5.90. The third-order valence-electron chi connectivity index (χ3n) is 5.22. The highest BCUT2D eigenvalue weighted by molar-refractivity contribution is 5.81. The number of carbonyl (C=O) groups is 1. The van der Waals surface area contributed by atoms with Gasteiger partial charge in [-0.3, -0.25) is 9.78 Å². The SMILES string of the molecule is CC(C)c1cncc(N2CCN(C(=O)C3CC3)C(C)C2C)c1. The van der Waals surface area contributed by atoms with Gasteiger partial charge in [0, 0.05) is 37.3 Å². The van der Waals surface area contributed by atoms with Crippen molar-refractivity contribution < 1.29 is 4.79 Å². The molecule has 2 unspecified atom stereocenters. The molecule has 2 fully saturated rings. The maximum Gasteiger partial charge on any atom is 0.226 e. The second-order valence-corrected chi connectivity index (χ2v) is 7.11. The molecule has 2 heterocycles. The minimum Gasteiger partial charge on any atom is -0.364 e. The number of pyridine rings is 1. The lowest BCUT2D eigenvalue weighted by molar-refractivity contribution is -0.135. The zero-order valence-corrected chi connectivity index (χ0v) is 14.1. The van der Waals surface area contributed by atoms with E-state index in [1.807, 2.05) is 12.4 Å². The van der Waals surface area contributed by atoms with Crippen LogP contribution in [0.4, 0.5) is 5.69 Å². The van der Waals surface area contributed by atoms with Crippen molar-refractivity contribution in [1.29, 1.82) is 0 Å². The molecule has 0 bridgehead atoms. The lowest BCUT2D eigenvalue weighted by Crippen LogP contribution is -2.59. The number of anilines is 1. The first kappa shape index (κ1) is 15.3. The highest BCUT2D eigenvalue weighted by Gasteiger charge is 2.39. The van der Waals surface area contributed by atoms with Gasteiger partial charge in [0.1, 0.15) is 0 Å². The van der Waals surface area contributed by atoms with Crippen molar-refractivity contribution in [3.8, 4) is 0 Å². The maximum atomic E-state index is 12.4. The van der Waals surface area contributed by atoms with Crippen molar-refractivity contribution in [2.45, 2.75) is 58.5 Å². The fraction of sp³-hybridized carbons (Fsp3) is 0.667. The van der Waals surface area contributed by atoms with Gasteiger partial charge in [-0.15, -0.1) is 0 Å². The van der Waals surface area contributed by atoms with E-state index in [0.29, 0.717) is 23.8 Å². The Balaban J connectivity index is 1.76. The highest BCUT2D eigenvalue weighted by atomic mass is 16.2. The first-order valence-corrected chi connectivity index (χ1v) is 8.51. The average molecular weight is 301 g/mol. The van der Waals surface area contributed by atoms with E-state index >= 15 is 0 Å². The summed E-state index contributed by atoms with van der Waals surface area (Å²) in [6.07, 6.45) is 6.07. The van der Waals surface area contributed by atoms with Gasteiger partial charge in [0.05, 0.1) is 11.9 Å². The van der Waals surface area contributed by atoms with Gasteiger partial charge in [-0.05, 0) is 44.2 Å². The minimum absolute atomic E-state index is 0.254. The molecule has 2 aliphatic rings. The number of rotatable bonds is 3. The van der Waals surface area contributed by atoms with E-state index in [9.17, 15) is 4.79 Å². The van der Waals surface area contributed by atoms with Gasteiger partial charge in [0.15, 0.2) is 0 Å². The van der Waals surface area contributed by atoms with Gasteiger partial charge in [-0.1, -0.05) is 13.8 Å². The van der Waals surface area contributed by atoms with Gasteiger partial charge < -0.3 is 9.80 Å². The van der Waals surface area contributed by atoms with Crippen LogP contribution in [0, 0.1) is 5.92 Å². The van der Waals surface area contributed by atoms with Crippen molar-refractivity contribution in [2.24, 2.45) is 5.92 Å². The number of aromatic nitrogens is 1. The summed E-state index contributed by atoms with van der Waals surface area (Å²) in [7, 11) is 0. The summed E-state index contributed by atoms with van der Waals surface area (Å²) in [6, 6.07) is 2.82. The van der Waals surface area contributed by atoms with Crippen LogP contribution >= 0.6 is 0 Å². The van der Waals surface area contributed by atoms with Crippen LogP contribution in [0.25, 0.3) is 0 Å². The number of piperazine rings is 1. The topological polar surface area (TPSA) is 36.4 Å². The van der Waals surface area contributed by atoms with Crippen molar-refractivity contribution in [1.82, 2.24) is 9.88 Å². The quantitative estimate of drug-likeness (QED) is 0.861. The fourth-order valence-corrected chi connectivity index (χ4v) is 3.30. The number of nitrogens with zero attached hydrogens (tertiary/aromatic N) is 3. The Bertz CT molecular complexity index is 553. The highest BCUT2D eigenvalue weighted by Crippen LogP contribution is 2.34. The standard InChI is InChI=1S/C18H27N3O/c1-12(2)16-9-17(11-19-10-16)20-7-8-21(14(4)13(20)3)18(22)15-5-6-15/h9-15H,5-8H2,1-4H3. The van der Waals surface area contributed by atoms with Gasteiger partial charge in [-0.25, -0.2) is 0 Å². The molecular weight excluding hydrogens is 274 g/mol. The maximum absolute atomic E-state index is 12.4. The average Bonchev–Trinajstić information content (AvgIpc) is 3.34. The number of hydrogen-bond donors (Lipinski definition) is 0. The summed E-state index contributed by atoms with van der Waals surface area (Å²) >= 11 is 0. The number of amides is 1. The van der Waals surface area contributed by atoms with Gasteiger partial charge in [0.2, 0.25) is 5.91 Å². The summed E-state index contributed by atoms with van der Waals surface area (Å²) in [5.41, 5.74) is 2.46. The zero-order chi connectivity index (χ0) is 15.9. The predicted molar refractivity (Wildman–Crippen MR) is 89.0 cm³/mol. The lowest BCUT2D eigenvalue weighted by atomic mass is 10.0. The van der Waals surface area contributed by atoms with Gasteiger partial charge in [-0.2, -0.15) is 0 Å². The molecule has 0 N–H and O–H groups in total. The molecule has 2 atom stereocenters. The van der Waals surface area contributed by atoms with Crippen LogP contribution in [0.15, 0.2) is 18.5 Å². The molecule has 1 aromatic rings. The Labute approximate surface area is 133 Å². The van der Waals surface area contributed by atoms with E-state index in [1.54, 1.807) is 0 Å². The van der Waals surface area contributed by atoms with Crippen LogP contribution in [-0.2, 0) is 4.79 Å². The molecule has 1 saturated heterocycles. The molecule has 1 aromatic heterocycles. The molecule has 3 rings (SSSR count). The van der Waals surface area contributed by atoms with Crippen LogP contribution in [0.2, 0.25) is 0 Å². The molecule has 1 amide bonds. The third kappa shape index (κ3) is 2.83. The largest absolute Gasteiger partial charge is 0.364 e. The molecule has 22 heavy (non-hydrogen) atoms. The molecule has 0 aromatic carbocycles. The molecule has 0 radical (unpaired) electrons. The van der Waals surface area contributed by atoms with Crippen LogP contribution in [0.1, 0.15) is 52.0 Å². The van der Waals surface area contributed by atoms with Crippen molar-refractivity contribution in [2.75, 3.05) is 18.0 Å². The number of hydrogen-bond acceptors (Lipinski definition) is 3. The van der Waals surface area contributed by atoms with Crippen LogP contribution < -0.4 is 4.90 Å². The Morgan fingerprint density at radius 2 is 1.91 bits per heavy atom. The molecule has 4 nitrogen and oxygen atoms in total. The molecule has 0 spiro atoms. The third-order valence-corrected chi connectivity index (χ3v) is 5.22. The smallest absolute Gasteiger partial charge is 0.226 e. The molecular formula is C18H27N3O. The number of carbonyl (C=O) groups excluding carboxylic acids is 1. The predicted octanol–water partition coefficient (Wildman–Crippen LogP) is 3.04. The summed E-state index contributed by atoms with van der Waals surface area (Å²) < 4.78 is 0. The minimum atomic E-state index is 0.254.